The molecule has 0 radical (unpaired) electrons. The molecule has 0 amide bonds. The van der Waals surface area contributed by atoms with Gasteiger partial charge in [0, 0.05) is 0 Å². The van der Waals surface area contributed by atoms with Crippen LogP contribution in [0.3, 0.4) is 0 Å². The lowest BCUT2D eigenvalue weighted by Gasteiger charge is -2.20. The molecular formula is C50H30. The number of rotatable bonds is 2. The highest BCUT2D eigenvalue weighted by Gasteiger charge is 2.20. The molecule has 0 atom stereocenters. The second-order valence-corrected chi connectivity index (χ2v) is 14.5. The minimum atomic E-state index is 1.29. The third kappa shape index (κ3) is 3.27. The van der Waals surface area contributed by atoms with E-state index in [0.29, 0.717) is 0 Å². The molecule has 0 spiro atoms. The average molecular weight is 631 g/mol. The fourth-order valence-corrected chi connectivity index (χ4v) is 9.63. The highest BCUT2D eigenvalue weighted by molar-refractivity contribution is 6.32. The molecule has 0 heterocycles. The van der Waals surface area contributed by atoms with Gasteiger partial charge in [0.15, 0.2) is 0 Å². The Kier molecular flexibility index (Phi) is 4.94. The van der Waals surface area contributed by atoms with Crippen molar-refractivity contribution in [3.8, 4) is 22.3 Å². The van der Waals surface area contributed by atoms with Crippen molar-refractivity contribution < 1.29 is 0 Å². The Morgan fingerprint density at radius 3 is 0.680 bits per heavy atom. The summed E-state index contributed by atoms with van der Waals surface area (Å²) in [6.07, 6.45) is 0. The first-order valence-electron chi connectivity index (χ1n) is 17.7. The minimum absolute atomic E-state index is 1.29. The normalized spacial score (nSPS) is 12.6. The van der Waals surface area contributed by atoms with Gasteiger partial charge in [0.2, 0.25) is 0 Å². The molecule has 12 rings (SSSR count). The standard InChI is InChI=1S/C50H30/c1-27-3-5-29-7-9-31-13-17-37(41-23-21-35(27)45(29)47(31)41)39-19-15-33-11-12-34-16-20-40(44-26-25-43(39)49(33)50(34)44)38-18-14-32-10-8-30-6-4-28(2)36-22-24-42(38)48(32)46(30)36/h3-26H,1-2H3. The zero-order valence-electron chi connectivity index (χ0n) is 27.9. The number of hydrogen-bond donors (Lipinski definition) is 0. The third-order valence-corrected chi connectivity index (χ3v) is 12.0. The molecule has 0 bridgehead atoms. The Labute approximate surface area is 288 Å². The first kappa shape index (κ1) is 26.7. The maximum atomic E-state index is 2.39. The highest BCUT2D eigenvalue weighted by atomic mass is 14.2. The lowest BCUT2D eigenvalue weighted by Crippen LogP contribution is -1.92. The second-order valence-electron chi connectivity index (χ2n) is 14.5. The molecule has 50 heavy (non-hydrogen) atoms. The van der Waals surface area contributed by atoms with Crippen LogP contribution in [0.15, 0.2) is 146 Å². The fraction of sp³-hybridized carbons (Fsp3) is 0.0400. The monoisotopic (exact) mass is 630 g/mol. The maximum absolute atomic E-state index is 2.39. The number of aryl methyl sites for hydroxylation is 2. The van der Waals surface area contributed by atoms with Crippen LogP contribution in [-0.2, 0) is 0 Å². The SMILES string of the molecule is Cc1ccc2ccc3ccc(-c4ccc5ccc6ccc(-c7ccc8ccc9ccc(C)c%10ccc7c8c9%10)c7ccc4c5c67)c4ccc1c2c34. The van der Waals surface area contributed by atoms with E-state index in [1.165, 1.54) is 130 Å². The molecule has 0 aliphatic rings. The second kappa shape index (κ2) is 9.26. The molecule has 0 aromatic heterocycles. The molecule has 0 unspecified atom stereocenters. The van der Waals surface area contributed by atoms with E-state index in [2.05, 4.69) is 159 Å². The summed E-state index contributed by atoms with van der Waals surface area (Å²) in [5, 5.41) is 24.0. The van der Waals surface area contributed by atoms with Crippen molar-refractivity contribution >= 4 is 97.0 Å². The number of hydrogen-bond acceptors (Lipinski definition) is 0. The van der Waals surface area contributed by atoms with E-state index in [9.17, 15) is 0 Å². The molecule has 0 nitrogen and oxygen atoms in total. The minimum Gasteiger partial charge on any atom is -0.0581 e. The fourth-order valence-electron chi connectivity index (χ4n) is 9.63. The quantitative estimate of drug-likeness (QED) is 0.167. The molecule has 0 aliphatic heterocycles. The lowest BCUT2D eigenvalue weighted by atomic mass is 9.83. The first-order valence-corrected chi connectivity index (χ1v) is 17.7. The van der Waals surface area contributed by atoms with E-state index in [0.717, 1.165) is 0 Å². The van der Waals surface area contributed by atoms with Crippen molar-refractivity contribution in [2.45, 2.75) is 13.8 Å². The summed E-state index contributed by atoms with van der Waals surface area (Å²) in [4.78, 5) is 0. The van der Waals surface area contributed by atoms with Crippen LogP contribution in [0.1, 0.15) is 11.1 Å². The van der Waals surface area contributed by atoms with Gasteiger partial charge in [-0.1, -0.05) is 146 Å². The molecule has 0 fully saturated rings. The maximum Gasteiger partial charge on any atom is -0.00203 e. The molecule has 0 N–H and O–H groups in total. The van der Waals surface area contributed by atoms with Crippen molar-refractivity contribution in [1.29, 1.82) is 0 Å². The Morgan fingerprint density at radius 2 is 0.400 bits per heavy atom. The van der Waals surface area contributed by atoms with Crippen LogP contribution in [-0.4, -0.2) is 0 Å². The van der Waals surface area contributed by atoms with Gasteiger partial charge in [-0.3, -0.25) is 0 Å². The van der Waals surface area contributed by atoms with Gasteiger partial charge in [0.25, 0.3) is 0 Å². The summed E-state index contributed by atoms with van der Waals surface area (Å²) in [7, 11) is 0. The summed E-state index contributed by atoms with van der Waals surface area (Å²) < 4.78 is 0. The van der Waals surface area contributed by atoms with Crippen molar-refractivity contribution in [1.82, 2.24) is 0 Å². The Balaban J connectivity index is 1.15. The molecular weight excluding hydrogens is 601 g/mol. The van der Waals surface area contributed by atoms with Crippen LogP contribution in [0.2, 0.25) is 0 Å². The van der Waals surface area contributed by atoms with Crippen LogP contribution in [0.4, 0.5) is 0 Å². The van der Waals surface area contributed by atoms with Gasteiger partial charge in [-0.15, -0.1) is 0 Å². The van der Waals surface area contributed by atoms with Crippen molar-refractivity contribution in [3.63, 3.8) is 0 Å². The van der Waals surface area contributed by atoms with E-state index in [1.807, 2.05) is 0 Å². The Morgan fingerprint density at radius 1 is 0.200 bits per heavy atom. The molecule has 0 aliphatic carbocycles. The largest absolute Gasteiger partial charge is 0.0581 e. The van der Waals surface area contributed by atoms with Gasteiger partial charge >= 0.3 is 0 Å². The summed E-state index contributed by atoms with van der Waals surface area (Å²) in [6.45, 7) is 4.46. The van der Waals surface area contributed by atoms with Gasteiger partial charge in [-0.25, -0.2) is 0 Å². The average Bonchev–Trinajstić information content (AvgIpc) is 3.16. The van der Waals surface area contributed by atoms with E-state index >= 15 is 0 Å². The lowest BCUT2D eigenvalue weighted by molar-refractivity contribution is 1.55. The molecule has 0 heteroatoms. The zero-order valence-corrected chi connectivity index (χ0v) is 27.9. The first-order chi connectivity index (χ1) is 24.6. The van der Waals surface area contributed by atoms with Gasteiger partial charge < -0.3 is 0 Å². The van der Waals surface area contributed by atoms with Gasteiger partial charge in [0.05, 0.1) is 0 Å². The van der Waals surface area contributed by atoms with Crippen LogP contribution in [0, 0.1) is 13.8 Å². The Hall–Kier alpha value is -6.24. The Bertz CT molecular complexity index is 3150. The molecule has 12 aromatic carbocycles. The highest BCUT2D eigenvalue weighted by Crippen LogP contribution is 2.47. The topological polar surface area (TPSA) is 0 Å². The predicted octanol–water partition coefficient (Wildman–Crippen LogP) is 14.3. The summed E-state index contributed by atoms with van der Waals surface area (Å²) >= 11 is 0. The predicted molar refractivity (Wildman–Crippen MR) is 218 cm³/mol. The van der Waals surface area contributed by atoms with Gasteiger partial charge in [0.1, 0.15) is 0 Å². The number of benzene rings is 12. The smallest absolute Gasteiger partial charge is 0.00203 e. The van der Waals surface area contributed by atoms with Crippen molar-refractivity contribution in [3.05, 3.63) is 157 Å². The zero-order chi connectivity index (χ0) is 32.8. The summed E-state index contributed by atoms with van der Waals surface area (Å²) in [6, 6.07) is 55.7. The third-order valence-electron chi connectivity index (χ3n) is 12.0. The molecule has 0 saturated heterocycles. The molecule has 12 aromatic rings. The van der Waals surface area contributed by atoms with Gasteiger partial charge in [-0.2, -0.15) is 0 Å². The molecule has 0 saturated carbocycles. The van der Waals surface area contributed by atoms with Crippen molar-refractivity contribution in [2.75, 3.05) is 0 Å². The van der Waals surface area contributed by atoms with Crippen molar-refractivity contribution in [2.24, 2.45) is 0 Å². The van der Waals surface area contributed by atoms with E-state index in [1.54, 1.807) is 0 Å². The van der Waals surface area contributed by atoms with Crippen LogP contribution < -0.4 is 0 Å². The van der Waals surface area contributed by atoms with Crippen LogP contribution >= 0.6 is 0 Å². The summed E-state index contributed by atoms with van der Waals surface area (Å²) in [5.41, 5.74) is 7.85. The van der Waals surface area contributed by atoms with E-state index < -0.39 is 0 Å². The van der Waals surface area contributed by atoms with Crippen LogP contribution in [0.5, 0.6) is 0 Å². The van der Waals surface area contributed by atoms with Crippen LogP contribution in [0.25, 0.3) is 119 Å². The molecule has 230 valence electrons. The van der Waals surface area contributed by atoms with E-state index in [-0.39, 0.29) is 0 Å². The summed E-state index contributed by atoms with van der Waals surface area (Å²) in [5.74, 6) is 0. The van der Waals surface area contributed by atoms with Gasteiger partial charge in [-0.05, 0) is 144 Å². The van der Waals surface area contributed by atoms with E-state index in [4.69, 9.17) is 0 Å².